The average molecular weight is 802 g/mol. The van der Waals surface area contributed by atoms with Gasteiger partial charge >= 0.3 is 5.97 Å². The zero-order chi connectivity index (χ0) is 41.4. The van der Waals surface area contributed by atoms with Crippen molar-refractivity contribution < 1.29 is 33.9 Å². The van der Waals surface area contributed by atoms with Crippen LogP contribution in [0.2, 0.25) is 0 Å². The van der Waals surface area contributed by atoms with Crippen molar-refractivity contribution in [3.05, 3.63) is 148 Å². The number of aliphatic carboxylic acids is 1. The van der Waals surface area contributed by atoms with Gasteiger partial charge in [0.1, 0.15) is 18.1 Å². The zero-order valence-corrected chi connectivity index (χ0v) is 32.9. The van der Waals surface area contributed by atoms with Gasteiger partial charge in [0, 0.05) is 48.6 Å². The minimum absolute atomic E-state index is 0.158. The van der Waals surface area contributed by atoms with Gasteiger partial charge in [-0.2, -0.15) is 0 Å². The van der Waals surface area contributed by atoms with Crippen LogP contribution in [-0.2, 0) is 54.5 Å². The summed E-state index contributed by atoms with van der Waals surface area (Å²) < 4.78 is 0. The molecule has 0 spiro atoms. The Morgan fingerprint density at radius 3 is 1.74 bits per heavy atom. The maximum Gasteiger partial charge on any atom is 0.326 e. The van der Waals surface area contributed by atoms with Crippen LogP contribution in [0.1, 0.15) is 41.3 Å². The number of nitrogens with one attached hydrogen (secondary N) is 4. The van der Waals surface area contributed by atoms with Crippen LogP contribution in [0.15, 0.2) is 127 Å². The molecule has 4 atom stereocenters. The average Bonchev–Trinajstić information content (AvgIpc) is 3.74. The number of carbonyl (C=O) groups excluding carboxylic acids is 5. The Morgan fingerprint density at radius 1 is 0.569 bits per heavy atom. The maximum absolute atomic E-state index is 13.5. The molecule has 1 unspecified atom stereocenters. The molecule has 0 saturated heterocycles. The van der Waals surface area contributed by atoms with E-state index in [-0.39, 0.29) is 38.0 Å². The number of primary amides is 1. The van der Waals surface area contributed by atoms with Gasteiger partial charge in [0.15, 0.2) is 0 Å². The van der Waals surface area contributed by atoms with Crippen LogP contribution in [0, 0.1) is 5.92 Å². The first-order valence-electron chi connectivity index (χ1n) is 18.9. The number of hydrogen-bond acceptors (Lipinski definition) is 7. The number of carboxylic acids is 1. The van der Waals surface area contributed by atoms with Crippen molar-refractivity contribution in [2.45, 2.75) is 63.6 Å². The molecular formula is C45H47N5O7S. The van der Waals surface area contributed by atoms with Crippen LogP contribution in [0.3, 0.4) is 0 Å². The van der Waals surface area contributed by atoms with Crippen molar-refractivity contribution in [1.82, 2.24) is 16.0 Å². The smallest absolute Gasteiger partial charge is 0.326 e. The Kier molecular flexibility index (Phi) is 15.5. The van der Waals surface area contributed by atoms with Crippen LogP contribution >= 0.6 is 11.3 Å². The van der Waals surface area contributed by atoms with E-state index in [0.29, 0.717) is 12.1 Å². The first-order chi connectivity index (χ1) is 27.9. The lowest BCUT2D eigenvalue weighted by molar-refractivity contribution is -0.142. The predicted octanol–water partition coefficient (Wildman–Crippen LogP) is 5.06. The lowest BCUT2D eigenvalue weighted by Crippen LogP contribution is -2.54. The van der Waals surface area contributed by atoms with Gasteiger partial charge in [-0.3, -0.25) is 24.0 Å². The van der Waals surface area contributed by atoms with E-state index in [1.54, 1.807) is 31.2 Å². The second-order valence-electron chi connectivity index (χ2n) is 14.1. The van der Waals surface area contributed by atoms with Gasteiger partial charge in [-0.05, 0) is 57.8 Å². The summed E-state index contributed by atoms with van der Waals surface area (Å²) in [5.74, 6) is -4.23. The molecule has 12 nitrogen and oxygen atoms in total. The van der Waals surface area contributed by atoms with Gasteiger partial charge < -0.3 is 32.1 Å². The van der Waals surface area contributed by atoms with Crippen LogP contribution in [0.25, 0.3) is 11.1 Å². The van der Waals surface area contributed by atoms with Crippen molar-refractivity contribution >= 4 is 52.5 Å². The summed E-state index contributed by atoms with van der Waals surface area (Å²) in [5, 5.41) is 22.3. The fourth-order valence-corrected chi connectivity index (χ4v) is 7.04. The molecular weight excluding hydrogens is 755 g/mol. The minimum Gasteiger partial charge on any atom is -0.480 e. The third-order valence-electron chi connectivity index (χ3n) is 9.50. The number of hydrogen-bond donors (Lipinski definition) is 6. The molecule has 1 aromatic heterocycles. The highest BCUT2D eigenvalue weighted by Gasteiger charge is 2.27. The number of carbonyl (C=O) groups is 6. The Bertz CT molecular complexity index is 2150. The van der Waals surface area contributed by atoms with E-state index in [0.717, 1.165) is 32.7 Å². The Labute approximate surface area is 341 Å². The second-order valence-corrected chi connectivity index (χ2v) is 15.1. The third-order valence-corrected chi connectivity index (χ3v) is 10.4. The molecule has 7 N–H and O–H groups in total. The van der Waals surface area contributed by atoms with E-state index in [9.17, 15) is 33.9 Å². The fourth-order valence-electron chi connectivity index (χ4n) is 6.29. The number of carboxylic acid groups (broad SMARTS) is 1. The van der Waals surface area contributed by atoms with Gasteiger partial charge in [-0.25, -0.2) is 4.79 Å². The molecule has 0 fully saturated rings. The number of nitrogens with two attached hydrogens (primary N) is 1. The molecule has 300 valence electrons. The lowest BCUT2D eigenvalue weighted by atomic mass is 9.99. The van der Waals surface area contributed by atoms with Crippen LogP contribution < -0.4 is 27.0 Å². The highest BCUT2D eigenvalue weighted by atomic mass is 32.1. The highest BCUT2D eigenvalue weighted by Crippen LogP contribution is 2.20. The van der Waals surface area contributed by atoms with Crippen molar-refractivity contribution in [2.75, 3.05) is 5.32 Å². The molecule has 0 aliphatic carbocycles. The topological polar surface area (TPSA) is 197 Å². The number of benzene rings is 4. The van der Waals surface area contributed by atoms with Crippen molar-refractivity contribution in [3.63, 3.8) is 0 Å². The molecule has 13 heteroatoms. The van der Waals surface area contributed by atoms with Crippen LogP contribution in [0.5, 0.6) is 0 Å². The predicted molar refractivity (Wildman–Crippen MR) is 224 cm³/mol. The molecule has 0 bridgehead atoms. The normalized spacial score (nSPS) is 12.9. The van der Waals surface area contributed by atoms with E-state index in [2.05, 4.69) is 21.3 Å². The molecule has 0 aliphatic rings. The van der Waals surface area contributed by atoms with E-state index in [1.807, 2.05) is 102 Å². The van der Waals surface area contributed by atoms with Crippen molar-refractivity contribution in [1.29, 1.82) is 0 Å². The monoisotopic (exact) mass is 801 g/mol. The van der Waals surface area contributed by atoms with Gasteiger partial charge in [0.05, 0.1) is 0 Å². The molecule has 5 rings (SSSR count). The number of rotatable bonds is 20. The molecule has 0 radical (unpaired) electrons. The Morgan fingerprint density at radius 2 is 1.12 bits per heavy atom. The molecule has 0 saturated carbocycles. The zero-order valence-electron chi connectivity index (χ0n) is 32.1. The largest absolute Gasteiger partial charge is 0.480 e. The van der Waals surface area contributed by atoms with E-state index < -0.39 is 53.6 Å². The summed E-state index contributed by atoms with van der Waals surface area (Å²) in [6.45, 7) is 1.72. The molecule has 4 aromatic carbocycles. The van der Waals surface area contributed by atoms with Gasteiger partial charge in [-0.1, -0.05) is 110 Å². The number of anilines is 1. The van der Waals surface area contributed by atoms with Crippen molar-refractivity contribution in [3.8, 4) is 11.1 Å². The fraction of sp³-hybridized carbons (Fsp3) is 0.244. The summed E-state index contributed by atoms with van der Waals surface area (Å²) in [6, 6.07) is 34.0. The summed E-state index contributed by atoms with van der Waals surface area (Å²) in [6.07, 6.45) is 0.500. The molecule has 58 heavy (non-hydrogen) atoms. The second kappa shape index (κ2) is 21.1. The van der Waals surface area contributed by atoms with Crippen LogP contribution in [0.4, 0.5) is 5.69 Å². The van der Waals surface area contributed by atoms with E-state index >= 15 is 0 Å². The minimum atomic E-state index is -1.11. The molecule has 5 aromatic rings. The number of thiophene rings is 1. The van der Waals surface area contributed by atoms with Crippen molar-refractivity contribution in [2.24, 2.45) is 11.7 Å². The van der Waals surface area contributed by atoms with Gasteiger partial charge in [-0.15, -0.1) is 11.3 Å². The molecule has 0 aliphatic heterocycles. The summed E-state index contributed by atoms with van der Waals surface area (Å²) in [4.78, 5) is 77.4. The maximum atomic E-state index is 13.5. The SMILES string of the molecule is C[C@@H](Cc1ccc(NC(=O)CCC(=O)NC(Cc2cccs2)C(=O)N[C@@H](Cc2ccc(-c3ccccc3)cc2)C(N)=O)cc1)C(=O)N[C@H](Cc1ccccc1)C(=O)O. The molecule has 5 amide bonds. The standard InChI is InChI=1S/C45H47N5O7S/c1-29(43(54)50-39(45(56)57)27-30-9-4-2-5-10-30)25-31-16-20-35(21-17-31)47-40(51)22-23-41(52)48-38(28-36-13-8-24-58-36)44(55)49-37(42(46)53)26-32-14-18-34(19-15-32)33-11-6-3-7-12-33/h2-21,24,29,37-39H,22-23,25-28H2,1H3,(H2,46,53)(H,47,51)(H,48,52)(H,49,55)(H,50,54)(H,56,57)/t29-,37-,38?,39+/m0/s1. The lowest BCUT2D eigenvalue weighted by Gasteiger charge is -2.22. The third kappa shape index (κ3) is 13.3. The van der Waals surface area contributed by atoms with Crippen LogP contribution in [-0.4, -0.2) is 58.7 Å². The first-order valence-corrected chi connectivity index (χ1v) is 19.8. The summed E-state index contributed by atoms with van der Waals surface area (Å²) in [7, 11) is 0. The van der Waals surface area contributed by atoms with Gasteiger partial charge in [0.25, 0.3) is 0 Å². The quantitative estimate of drug-likeness (QED) is 0.0632. The first kappa shape index (κ1) is 42.5. The van der Waals surface area contributed by atoms with Gasteiger partial charge in [0.2, 0.25) is 29.5 Å². The number of amides is 5. The Balaban J connectivity index is 1.10. The molecule has 1 heterocycles. The summed E-state index contributed by atoms with van der Waals surface area (Å²) >= 11 is 1.42. The Hall–Kier alpha value is -6.60. The van der Waals surface area contributed by atoms with E-state index in [1.165, 1.54) is 11.3 Å². The van der Waals surface area contributed by atoms with E-state index in [4.69, 9.17) is 5.73 Å². The summed E-state index contributed by atoms with van der Waals surface area (Å²) in [5.41, 5.74) is 10.7. The highest BCUT2D eigenvalue weighted by molar-refractivity contribution is 7.09.